The lowest BCUT2D eigenvalue weighted by Crippen LogP contribution is -2.43. The van der Waals surface area contributed by atoms with Gasteiger partial charge in [0.15, 0.2) is 5.78 Å². The van der Waals surface area contributed by atoms with Crippen LogP contribution in [0.1, 0.15) is 39.5 Å². The van der Waals surface area contributed by atoms with Crippen LogP contribution in [-0.2, 0) is 16.1 Å². The van der Waals surface area contributed by atoms with Crippen LogP contribution in [0.2, 0.25) is 0 Å². The molecule has 4 nitrogen and oxygen atoms in total. The van der Waals surface area contributed by atoms with Gasteiger partial charge >= 0.3 is 5.97 Å². The second-order valence-electron chi connectivity index (χ2n) is 8.42. The van der Waals surface area contributed by atoms with Gasteiger partial charge in [-0.05, 0) is 0 Å². The van der Waals surface area contributed by atoms with Crippen LogP contribution in [-0.4, -0.2) is 36.9 Å². The van der Waals surface area contributed by atoms with E-state index in [0.29, 0.717) is 28.6 Å². The SMILES string of the molecule is C=CC(=O)OCCC(c1ccccc1)[N+](C)(C)Cc1ccc(C(=O)c2ccccc2)cc1. The van der Waals surface area contributed by atoms with E-state index in [1.807, 2.05) is 72.8 Å². The van der Waals surface area contributed by atoms with Crippen molar-refractivity contribution in [3.8, 4) is 0 Å². The van der Waals surface area contributed by atoms with Gasteiger partial charge in [-0.2, -0.15) is 0 Å². The van der Waals surface area contributed by atoms with Gasteiger partial charge in [0, 0.05) is 34.8 Å². The lowest BCUT2D eigenvalue weighted by molar-refractivity contribution is -0.934. The Balaban J connectivity index is 1.75. The number of carbonyl (C=O) groups excluding carboxylic acids is 2. The number of carbonyl (C=O) groups is 2. The Morgan fingerprint density at radius 1 is 0.875 bits per heavy atom. The smallest absolute Gasteiger partial charge is 0.330 e. The molecule has 3 aromatic carbocycles. The quantitative estimate of drug-likeness (QED) is 0.189. The zero-order valence-corrected chi connectivity index (χ0v) is 18.7. The molecule has 1 unspecified atom stereocenters. The van der Waals surface area contributed by atoms with Crippen molar-refractivity contribution < 1.29 is 18.8 Å². The molecule has 0 saturated carbocycles. The van der Waals surface area contributed by atoms with Crippen molar-refractivity contribution in [1.82, 2.24) is 0 Å². The molecule has 0 radical (unpaired) electrons. The summed E-state index contributed by atoms with van der Waals surface area (Å²) in [6.45, 7) is 4.56. The summed E-state index contributed by atoms with van der Waals surface area (Å²) in [5, 5.41) is 0. The minimum absolute atomic E-state index is 0.0251. The molecule has 0 saturated heterocycles. The highest BCUT2D eigenvalue weighted by atomic mass is 16.5. The van der Waals surface area contributed by atoms with Gasteiger partial charge < -0.3 is 9.22 Å². The van der Waals surface area contributed by atoms with Gasteiger partial charge in [0.25, 0.3) is 0 Å². The first-order valence-electron chi connectivity index (χ1n) is 10.8. The molecular formula is C28H30NO3+. The van der Waals surface area contributed by atoms with Gasteiger partial charge in [-0.25, -0.2) is 4.79 Å². The van der Waals surface area contributed by atoms with E-state index in [-0.39, 0.29) is 11.8 Å². The van der Waals surface area contributed by atoms with Crippen molar-refractivity contribution in [1.29, 1.82) is 0 Å². The Morgan fingerprint density at radius 2 is 1.44 bits per heavy atom. The van der Waals surface area contributed by atoms with E-state index in [1.54, 1.807) is 0 Å². The first-order chi connectivity index (χ1) is 15.4. The lowest BCUT2D eigenvalue weighted by atomic mass is 9.98. The fraction of sp³-hybridized carbons (Fsp3) is 0.214. The summed E-state index contributed by atoms with van der Waals surface area (Å²) < 4.78 is 5.95. The van der Waals surface area contributed by atoms with Gasteiger partial charge in [-0.1, -0.05) is 91.5 Å². The van der Waals surface area contributed by atoms with Crippen molar-refractivity contribution in [2.45, 2.75) is 19.0 Å². The molecule has 3 aromatic rings. The Bertz CT molecular complexity index is 1040. The Kier molecular flexibility index (Phi) is 7.74. The standard InChI is InChI=1S/C28H30NO3/c1-4-27(30)32-20-19-26(23-11-7-5-8-12-23)29(2,3)21-22-15-17-25(18-16-22)28(31)24-13-9-6-10-14-24/h4-18,26H,1,19-21H2,2-3H3/q+1. The zero-order chi connectivity index (χ0) is 23.0. The summed E-state index contributed by atoms with van der Waals surface area (Å²) >= 11 is 0. The number of nitrogens with zero attached hydrogens (tertiary/aromatic N) is 1. The van der Waals surface area contributed by atoms with Crippen molar-refractivity contribution in [2.75, 3.05) is 20.7 Å². The van der Waals surface area contributed by atoms with Crippen LogP contribution in [0.25, 0.3) is 0 Å². The predicted molar refractivity (Wildman–Crippen MR) is 127 cm³/mol. The number of esters is 1. The van der Waals surface area contributed by atoms with Crippen LogP contribution in [0.4, 0.5) is 0 Å². The Labute approximate surface area is 190 Å². The van der Waals surface area contributed by atoms with Crippen LogP contribution in [0.3, 0.4) is 0 Å². The highest BCUT2D eigenvalue weighted by Gasteiger charge is 2.30. The van der Waals surface area contributed by atoms with Gasteiger partial charge in [-0.15, -0.1) is 0 Å². The van der Waals surface area contributed by atoms with Crippen molar-refractivity contribution in [2.24, 2.45) is 0 Å². The zero-order valence-electron chi connectivity index (χ0n) is 18.7. The average Bonchev–Trinajstić information content (AvgIpc) is 2.82. The van der Waals surface area contributed by atoms with Crippen LogP contribution in [0, 0.1) is 0 Å². The number of ether oxygens (including phenoxy) is 1. The molecule has 0 spiro atoms. The van der Waals surface area contributed by atoms with E-state index in [9.17, 15) is 9.59 Å². The van der Waals surface area contributed by atoms with E-state index in [1.165, 1.54) is 11.6 Å². The average molecular weight is 429 g/mol. The molecule has 0 aromatic heterocycles. The molecule has 0 fully saturated rings. The van der Waals surface area contributed by atoms with Gasteiger partial charge in [0.05, 0.1) is 20.7 Å². The number of rotatable bonds is 10. The summed E-state index contributed by atoms with van der Waals surface area (Å²) in [5.41, 5.74) is 3.71. The number of ketones is 1. The predicted octanol–water partition coefficient (Wildman–Crippen LogP) is 5.35. The van der Waals surface area contributed by atoms with Gasteiger partial charge in [-0.3, -0.25) is 4.79 Å². The monoisotopic (exact) mass is 428 g/mol. The minimum Gasteiger partial charge on any atom is -0.462 e. The maximum Gasteiger partial charge on any atom is 0.330 e. The summed E-state index contributed by atoms with van der Waals surface area (Å²) in [4.78, 5) is 24.2. The van der Waals surface area contributed by atoms with E-state index < -0.39 is 5.97 Å². The molecule has 0 heterocycles. The van der Waals surface area contributed by atoms with Gasteiger partial charge in [0.1, 0.15) is 12.6 Å². The summed E-state index contributed by atoms with van der Waals surface area (Å²) in [5.74, 6) is -0.377. The number of hydrogen-bond donors (Lipinski definition) is 0. The maximum absolute atomic E-state index is 12.7. The highest BCUT2D eigenvalue weighted by Crippen LogP contribution is 2.31. The highest BCUT2D eigenvalue weighted by molar-refractivity contribution is 6.08. The minimum atomic E-state index is -0.402. The largest absolute Gasteiger partial charge is 0.462 e. The molecule has 0 N–H and O–H groups in total. The fourth-order valence-electron chi connectivity index (χ4n) is 4.02. The number of hydrogen-bond acceptors (Lipinski definition) is 3. The maximum atomic E-state index is 12.7. The molecule has 0 aliphatic rings. The van der Waals surface area contributed by atoms with Crippen LogP contribution < -0.4 is 0 Å². The first kappa shape index (κ1) is 23.2. The molecule has 32 heavy (non-hydrogen) atoms. The third-order valence-corrected chi connectivity index (χ3v) is 5.67. The Morgan fingerprint density at radius 3 is 2.03 bits per heavy atom. The molecule has 1 atom stereocenters. The van der Waals surface area contributed by atoms with Gasteiger partial charge in [0.2, 0.25) is 0 Å². The Hall–Kier alpha value is -3.50. The van der Waals surface area contributed by atoms with Crippen molar-refractivity contribution in [3.63, 3.8) is 0 Å². The van der Waals surface area contributed by atoms with E-state index >= 15 is 0 Å². The van der Waals surface area contributed by atoms with Crippen LogP contribution >= 0.6 is 0 Å². The topological polar surface area (TPSA) is 43.4 Å². The second kappa shape index (κ2) is 10.7. The van der Waals surface area contributed by atoms with E-state index in [2.05, 4.69) is 32.8 Å². The number of benzene rings is 3. The van der Waals surface area contributed by atoms with Crippen LogP contribution in [0.5, 0.6) is 0 Å². The molecule has 0 aliphatic heterocycles. The third-order valence-electron chi connectivity index (χ3n) is 5.67. The summed E-state index contributed by atoms with van der Waals surface area (Å²) in [7, 11) is 4.35. The molecule has 164 valence electrons. The normalized spacial score (nSPS) is 12.1. The van der Waals surface area contributed by atoms with Crippen LogP contribution in [0.15, 0.2) is 97.6 Å². The molecule has 0 bridgehead atoms. The third kappa shape index (κ3) is 6.02. The summed E-state index contributed by atoms with van der Waals surface area (Å²) in [6.07, 6.45) is 1.89. The van der Waals surface area contributed by atoms with Crippen molar-refractivity contribution in [3.05, 3.63) is 120 Å². The molecular weight excluding hydrogens is 398 g/mol. The van der Waals surface area contributed by atoms with Crippen molar-refractivity contribution >= 4 is 11.8 Å². The fourth-order valence-corrected chi connectivity index (χ4v) is 4.02. The molecule has 0 amide bonds. The summed E-state index contributed by atoms with van der Waals surface area (Å²) in [6, 6.07) is 27.6. The van der Waals surface area contributed by atoms with E-state index in [0.717, 1.165) is 12.1 Å². The van der Waals surface area contributed by atoms with E-state index in [4.69, 9.17) is 4.74 Å². The number of quaternary nitrogens is 1. The first-order valence-corrected chi connectivity index (χ1v) is 10.8. The lowest BCUT2D eigenvalue weighted by Gasteiger charge is -2.38. The molecule has 3 rings (SSSR count). The molecule has 4 heteroatoms. The molecule has 0 aliphatic carbocycles. The second-order valence-corrected chi connectivity index (χ2v) is 8.42.